The van der Waals surface area contributed by atoms with Crippen LogP contribution < -0.4 is 5.32 Å². The Hall–Kier alpha value is -0.930. The monoisotopic (exact) mass is 369 g/mol. The molecule has 124 valence electrons. The maximum absolute atomic E-state index is 12.7. The van der Waals surface area contributed by atoms with Crippen molar-refractivity contribution >= 4 is 39.7 Å². The number of hydrogen-bond donors (Lipinski definition) is 1. The molecule has 1 atom stereocenters. The van der Waals surface area contributed by atoms with Crippen molar-refractivity contribution < 1.29 is 13.3 Å². The van der Waals surface area contributed by atoms with Crippen LogP contribution in [0.2, 0.25) is 5.02 Å². The highest BCUT2D eigenvalue weighted by Crippen LogP contribution is 2.34. The molecule has 1 aromatic carbocycles. The fourth-order valence-corrected chi connectivity index (χ4v) is 4.36. The minimum atomic E-state index is -3.87. The lowest BCUT2D eigenvalue weighted by molar-refractivity contribution is -0.385. The lowest BCUT2D eigenvalue weighted by atomic mass is 10.2. The van der Waals surface area contributed by atoms with E-state index in [-0.39, 0.29) is 28.4 Å². The quantitative estimate of drug-likeness (QED) is 0.646. The van der Waals surface area contributed by atoms with Gasteiger partial charge in [0.2, 0.25) is 10.0 Å². The summed E-state index contributed by atoms with van der Waals surface area (Å²) in [7, 11) is -2.40. The van der Waals surface area contributed by atoms with E-state index in [2.05, 4.69) is 5.32 Å². The summed E-state index contributed by atoms with van der Waals surface area (Å²) in [6, 6.07) is 2.45. The highest BCUT2D eigenvalue weighted by Gasteiger charge is 2.33. The predicted octanol–water partition coefficient (Wildman–Crippen LogP) is 1.96. The summed E-state index contributed by atoms with van der Waals surface area (Å²) in [5.74, 6) is 0. The molecule has 10 heteroatoms. The number of nitrogens with zero attached hydrogens (tertiary/aromatic N) is 2. The summed E-state index contributed by atoms with van der Waals surface area (Å²) in [6.45, 7) is 2.90. The topological polar surface area (TPSA) is 92.5 Å². The molecular weight excluding hydrogens is 353 g/mol. The molecular formula is C12H17Cl2N3O4S. The van der Waals surface area contributed by atoms with Crippen molar-refractivity contribution in [2.45, 2.75) is 24.3 Å². The Morgan fingerprint density at radius 1 is 1.45 bits per heavy atom. The first-order valence-corrected chi connectivity index (χ1v) is 8.20. The lowest BCUT2D eigenvalue weighted by Gasteiger charge is -2.23. The first-order chi connectivity index (χ1) is 9.75. The Morgan fingerprint density at radius 3 is 2.59 bits per heavy atom. The van der Waals surface area contributed by atoms with Crippen LogP contribution in [0.5, 0.6) is 0 Å². The van der Waals surface area contributed by atoms with Crippen LogP contribution in [0.3, 0.4) is 0 Å². The van der Waals surface area contributed by atoms with Crippen molar-refractivity contribution in [2.75, 3.05) is 20.1 Å². The first-order valence-electron chi connectivity index (χ1n) is 6.38. The number of nitro groups is 1. The van der Waals surface area contributed by atoms with Gasteiger partial charge in [-0.2, -0.15) is 4.31 Å². The lowest BCUT2D eigenvalue weighted by Crippen LogP contribution is -2.38. The van der Waals surface area contributed by atoms with Crippen molar-refractivity contribution in [3.05, 3.63) is 32.8 Å². The molecule has 1 saturated heterocycles. The Balaban J connectivity index is 0.00000242. The van der Waals surface area contributed by atoms with E-state index in [0.717, 1.165) is 6.54 Å². The van der Waals surface area contributed by atoms with Crippen LogP contribution in [-0.4, -0.2) is 43.8 Å². The van der Waals surface area contributed by atoms with Gasteiger partial charge in [0, 0.05) is 25.7 Å². The zero-order valence-electron chi connectivity index (χ0n) is 12.1. The van der Waals surface area contributed by atoms with E-state index in [1.807, 2.05) is 0 Å². The van der Waals surface area contributed by atoms with E-state index < -0.39 is 20.6 Å². The first kappa shape index (κ1) is 19.1. The number of nitro benzene ring substituents is 1. The van der Waals surface area contributed by atoms with Crippen molar-refractivity contribution in [2.24, 2.45) is 0 Å². The third kappa shape index (κ3) is 3.52. The number of rotatable bonds is 4. The van der Waals surface area contributed by atoms with Gasteiger partial charge in [0.05, 0.1) is 4.92 Å². The van der Waals surface area contributed by atoms with E-state index >= 15 is 0 Å². The molecule has 1 aliphatic rings. The van der Waals surface area contributed by atoms with Crippen molar-refractivity contribution in [3.63, 3.8) is 0 Å². The third-order valence-electron chi connectivity index (χ3n) is 3.57. The van der Waals surface area contributed by atoms with Gasteiger partial charge in [0.1, 0.15) is 9.92 Å². The molecule has 0 spiro atoms. The molecule has 2 rings (SSSR count). The second kappa shape index (κ2) is 7.10. The molecule has 1 unspecified atom stereocenters. The molecule has 1 fully saturated rings. The average molecular weight is 370 g/mol. The van der Waals surface area contributed by atoms with Crippen LogP contribution in [0.15, 0.2) is 17.0 Å². The van der Waals surface area contributed by atoms with Gasteiger partial charge in [0.25, 0.3) is 5.69 Å². The second-order valence-corrected chi connectivity index (χ2v) is 7.37. The maximum atomic E-state index is 12.7. The van der Waals surface area contributed by atoms with Gasteiger partial charge in [-0.15, -0.1) is 12.4 Å². The molecule has 1 aromatic rings. The van der Waals surface area contributed by atoms with Gasteiger partial charge in [-0.05, 0) is 31.5 Å². The normalized spacial score (nSPS) is 18.3. The molecule has 0 amide bonds. The molecule has 1 heterocycles. The van der Waals surface area contributed by atoms with Crippen LogP contribution in [0.4, 0.5) is 5.69 Å². The average Bonchev–Trinajstić information content (AvgIpc) is 2.93. The highest BCUT2D eigenvalue weighted by molar-refractivity contribution is 7.89. The van der Waals surface area contributed by atoms with Crippen LogP contribution >= 0.6 is 24.0 Å². The molecule has 1 N–H and O–H groups in total. The van der Waals surface area contributed by atoms with Crippen molar-refractivity contribution in [3.8, 4) is 0 Å². The minimum Gasteiger partial charge on any atom is -0.315 e. The molecule has 0 saturated carbocycles. The summed E-state index contributed by atoms with van der Waals surface area (Å²) in [5.41, 5.74) is 0.0795. The number of likely N-dealkylation sites (N-methyl/N-ethyl adjacent to an activating group) is 1. The largest absolute Gasteiger partial charge is 0.315 e. The minimum absolute atomic E-state index is 0. The standard InChI is InChI=1S/C12H16ClN3O4S.ClH/c1-8-5-10(16(17)18)12(13)11(6-8)21(19,20)15(2)9-3-4-14-7-9;/h5-6,9,14H,3-4,7H2,1-2H3;1H. The second-order valence-electron chi connectivity index (χ2n) is 5.02. The number of sulfonamides is 1. The van der Waals surface area contributed by atoms with Gasteiger partial charge in [-0.3, -0.25) is 10.1 Å². The van der Waals surface area contributed by atoms with Gasteiger partial charge < -0.3 is 5.32 Å². The van der Waals surface area contributed by atoms with Crippen LogP contribution in [0.1, 0.15) is 12.0 Å². The molecule has 0 aliphatic carbocycles. The molecule has 0 aromatic heterocycles. The molecule has 7 nitrogen and oxygen atoms in total. The van der Waals surface area contributed by atoms with Crippen molar-refractivity contribution in [1.29, 1.82) is 0 Å². The summed E-state index contributed by atoms with van der Waals surface area (Å²) in [4.78, 5) is 10.1. The third-order valence-corrected chi connectivity index (χ3v) is 6.01. The Labute approximate surface area is 140 Å². The fraction of sp³-hybridized carbons (Fsp3) is 0.500. The summed E-state index contributed by atoms with van der Waals surface area (Å²) < 4.78 is 26.5. The number of aryl methyl sites for hydroxylation is 1. The van der Waals surface area contributed by atoms with E-state index in [4.69, 9.17) is 11.6 Å². The number of halogens is 2. The maximum Gasteiger partial charge on any atom is 0.289 e. The highest BCUT2D eigenvalue weighted by atomic mass is 35.5. The van der Waals surface area contributed by atoms with Crippen LogP contribution in [0.25, 0.3) is 0 Å². The summed E-state index contributed by atoms with van der Waals surface area (Å²) in [5, 5.41) is 13.7. The van der Waals surface area contributed by atoms with E-state index in [9.17, 15) is 18.5 Å². The molecule has 1 aliphatic heterocycles. The zero-order chi connectivity index (χ0) is 15.8. The zero-order valence-corrected chi connectivity index (χ0v) is 14.5. The summed E-state index contributed by atoms with van der Waals surface area (Å²) >= 11 is 5.95. The fourth-order valence-electron chi connectivity index (χ4n) is 2.34. The number of hydrogen-bond acceptors (Lipinski definition) is 5. The summed E-state index contributed by atoms with van der Waals surface area (Å²) in [6.07, 6.45) is 0.696. The Kier molecular flexibility index (Phi) is 6.17. The van der Waals surface area contributed by atoms with E-state index in [0.29, 0.717) is 18.5 Å². The van der Waals surface area contributed by atoms with E-state index in [1.165, 1.54) is 23.5 Å². The predicted molar refractivity (Wildman–Crippen MR) is 86.3 cm³/mol. The Bertz CT molecular complexity index is 675. The van der Waals surface area contributed by atoms with Crippen LogP contribution in [-0.2, 0) is 10.0 Å². The molecule has 0 bridgehead atoms. The van der Waals surface area contributed by atoms with E-state index in [1.54, 1.807) is 6.92 Å². The number of benzene rings is 1. The van der Waals surface area contributed by atoms with Gasteiger partial charge in [-0.25, -0.2) is 8.42 Å². The molecule has 0 radical (unpaired) electrons. The van der Waals surface area contributed by atoms with Crippen LogP contribution in [0, 0.1) is 17.0 Å². The van der Waals surface area contributed by atoms with Gasteiger partial charge in [-0.1, -0.05) is 11.6 Å². The smallest absolute Gasteiger partial charge is 0.289 e. The van der Waals surface area contributed by atoms with Crippen molar-refractivity contribution in [1.82, 2.24) is 9.62 Å². The molecule has 22 heavy (non-hydrogen) atoms. The number of nitrogens with one attached hydrogen (secondary N) is 1. The van der Waals surface area contributed by atoms with Gasteiger partial charge >= 0.3 is 0 Å². The van der Waals surface area contributed by atoms with Gasteiger partial charge in [0.15, 0.2) is 0 Å². The Morgan fingerprint density at radius 2 is 2.09 bits per heavy atom. The SMILES string of the molecule is Cc1cc([N+](=O)[O-])c(Cl)c(S(=O)(=O)N(C)C2CCNC2)c1.Cl.